The molecule has 1 aliphatic rings. The first-order chi connectivity index (χ1) is 11.1. The molecule has 2 aromatic rings. The van der Waals surface area contributed by atoms with Gasteiger partial charge in [0.2, 0.25) is 0 Å². The molecule has 1 fully saturated rings. The van der Waals surface area contributed by atoms with Gasteiger partial charge in [0.1, 0.15) is 5.82 Å². The Morgan fingerprint density at radius 2 is 2.35 bits per heavy atom. The maximum absolute atomic E-state index is 12.1. The van der Waals surface area contributed by atoms with Crippen LogP contribution in [0.3, 0.4) is 0 Å². The number of hydrogen-bond acceptors (Lipinski definition) is 5. The molecule has 0 radical (unpaired) electrons. The molecule has 1 saturated heterocycles. The lowest BCUT2D eigenvalue weighted by Gasteiger charge is -2.09. The van der Waals surface area contributed by atoms with Crippen molar-refractivity contribution in [2.75, 3.05) is 18.5 Å². The van der Waals surface area contributed by atoms with Crippen LogP contribution in [0.25, 0.3) is 0 Å². The van der Waals surface area contributed by atoms with E-state index in [0.29, 0.717) is 17.2 Å². The van der Waals surface area contributed by atoms with Crippen LogP contribution >= 0.6 is 11.3 Å². The van der Waals surface area contributed by atoms with Crippen LogP contribution < -0.4 is 10.6 Å². The van der Waals surface area contributed by atoms with Gasteiger partial charge in [0.05, 0.1) is 11.0 Å². The number of aromatic nitrogens is 2. The highest BCUT2D eigenvalue weighted by Gasteiger charge is 2.19. The quantitative estimate of drug-likeness (QED) is 0.870. The molecule has 2 N–H and O–H groups in total. The minimum absolute atomic E-state index is 0.0839. The molecule has 3 heterocycles. The van der Waals surface area contributed by atoms with Crippen LogP contribution in [0.1, 0.15) is 33.0 Å². The van der Waals surface area contributed by atoms with Crippen molar-refractivity contribution < 1.29 is 14.3 Å². The van der Waals surface area contributed by atoms with E-state index in [9.17, 15) is 9.59 Å². The minimum atomic E-state index is -0.271. The Balaban J connectivity index is 1.60. The van der Waals surface area contributed by atoms with Gasteiger partial charge >= 0.3 is 0 Å². The van der Waals surface area contributed by atoms with Gasteiger partial charge in [0.25, 0.3) is 11.8 Å². The van der Waals surface area contributed by atoms with E-state index in [0.717, 1.165) is 19.4 Å². The number of thiophene rings is 1. The van der Waals surface area contributed by atoms with Gasteiger partial charge in [0.15, 0.2) is 5.69 Å². The molecule has 2 amide bonds. The number of nitrogens with zero attached hydrogens (tertiary/aromatic N) is 2. The van der Waals surface area contributed by atoms with E-state index >= 15 is 0 Å². The average molecular weight is 334 g/mol. The van der Waals surface area contributed by atoms with Crippen LogP contribution in [0.2, 0.25) is 0 Å². The Morgan fingerprint density at radius 1 is 1.48 bits per heavy atom. The zero-order chi connectivity index (χ0) is 16.2. The van der Waals surface area contributed by atoms with Gasteiger partial charge in [-0.1, -0.05) is 6.07 Å². The van der Waals surface area contributed by atoms with E-state index in [1.807, 2.05) is 11.4 Å². The monoisotopic (exact) mass is 334 g/mol. The fourth-order valence-corrected chi connectivity index (χ4v) is 3.00. The van der Waals surface area contributed by atoms with Crippen LogP contribution in [-0.2, 0) is 11.8 Å². The van der Waals surface area contributed by atoms with Gasteiger partial charge < -0.3 is 15.4 Å². The van der Waals surface area contributed by atoms with Crippen molar-refractivity contribution in [3.8, 4) is 0 Å². The lowest BCUT2D eigenvalue weighted by molar-refractivity contribution is 0.0853. The number of aryl methyl sites for hydroxylation is 1. The molecule has 0 aliphatic carbocycles. The molecule has 3 rings (SSSR count). The van der Waals surface area contributed by atoms with Crippen LogP contribution in [0.4, 0.5) is 5.82 Å². The summed E-state index contributed by atoms with van der Waals surface area (Å²) in [6.07, 6.45) is 2.08. The number of carbonyl (C=O) groups is 2. The molecule has 0 saturated carbocycles. The van der Waals surface area contributed by atoms with Crippen molar-refractivity contribution in [1.82, 2.24) is 15.1 Å². The summed E-state index contributed by atoms with van der Waals surface area (Å²) in [6, 6.07) is 5.12. The maximum Gasteiger partial charge on any atom is 0.271 e. The number of hydrogen-bond donors (Lipinski definition) is 2. The Hall–Kier alpha value is -2.19. The minimum Gasteiger partial charge on any atom is -0.376 e. The van der Waals surface area contributed by atoms with Crippen LogP contribution in [0.15, 0.2) is 23.6 Å². The fraction of sp³-hybridized carbons (Fsp3) is 0.400. The Morgan fingerprint density at radius 3 is 3.04 bits per heavy atom. The fourth-order valence-electron chi connectivity index (χ4n) is 2.38. The maximum atomic E-state index is 12.1. The summed E-state index contributed by atoms with van der Waals surface area (Å²) >= 11 is 1.36. The lowest BCUT2D eigenvalue weighted by Crippen LogP contribution is -2.32. The highest BCUT2D eigenvalue weighted by Crippen LogP contribution is 2.15. The van der Waals surface area contributed by atoms with E-state index in [1.165, 1.54) is 16.0 Å². The Bertz CT molecular complexity index is 690. The normalized spacial score (nSPS) is 17.2. The first-order valence-electron chi connectivity index (χ1n) is 7.42. The van der Waals surface area contributed by atoms with Crippen molar-refractivity contribution in [1.29, 1.82) is 0 Å². The lowest BCUT2D eigenvalue weighted by atomic mass is 10.2. The van der Waals surface area contributed by atoms with Gasteiger partial charge in [-0.15, -0.1) is 11.3 Å². The summed E-state index contributed by atoms with van der Waals surface area (Å²) in [6.45, 7) is 1.23. The smallest absolute Gasteiger partial charge is 0.271 e. The predicted octanol–water partition coefficient (Wildman–Crippen LogP) is 1.64. The summed E-state index contributed by atoms with van der Waals surface area (Å²) in [5, 5.41) is 11.5. The molecule has 7 nitrogen and oxygen atoms in total. The molecule has 0 bridgehead atoms. The SMILES string of the molecule is Cn1nc(C(=O)NCC2CCCO2)cc1NC(=O)c1cccs1. The summed E-state index contributed by atoms with van der Waals surface area (Å²) in [5.74, 6) is -0.00676. The summed E-state index contributed by atoms with van der Waals surface area (Å²) in [5.41, 5.74) is 0.270. The molecule has 122 valence electrons. The summed E-state index contributed by atoms with van der Waals surface area (Å²) in [7, 11) is 1.68. The van der Waals surface area contributed by atoms with Gasteiger partial charge in [-0.25, -0.2) is 0 Å². The number of anilines is 1. The van der Waals surface area contributed by atoms with E-state index < -0.39 is 0 Å². The molecule has 8 heteroatoms. The highest BCUT2D eigenvalue weighted by atomic mass is 32.1. The van der Waals surface area contributed by atoms with Gasteiger partial charge in [-0.2, -0.15) is 5.10 Å². The molecule has 0 spiro atoms. The second-order valence-electron chi connectivity index (χ2n) is 5.31. The molecule has 1 aliphatic heterocycles. The van der Waals surface area contributed by atoms with Crippen molar-refractivity contribution in [3.63, 3.8) is 0 Å². The third-order valence-electron chi connectivity index (χ3n) is 3.61. The molecular weight excluding hydrogens is 316 g/mol. The van der Waals surface area contributed by atoms with E-state index in [-0.39, 0.29) is 23.6 Å². The number of rotatable bonds is 5. The zero-order valence-electron chi connectivity index (χ0n) is 12.7. The van der Waals surface area contributed by atoms with Gasteiger partial charge in [0, 0.05) is 26.3 Å². The highest BCUT2D eigenvalue weighted by molar-refractivity contribution is 7.12. The van der Waals surface area contributed by atoms with E-state index in [2.05, 4.69) is 15.7 Å². The molecule has 1 unspecified atom stereocenters. The van der Waals surface area contributed by atoms with Crippen molar-refractivity contribution in [2.45, 2.75) is 18.9 Å². The average Bonchev–Trinajstić information content (AvgIpc) is 3.27. The van der Waals surface area contributed by atoms with Crippen molar-refractivity contribution in [2.24, 2.45) is 7.05 Å². The third kappa shape index (κ3) is 3.77. The van der Waals surface area contributed by atoms with Gasteiger partial charge in [-0.05, 0) is 24.3 Å². The molecule has 2 aromatic heterocycles. The van der Waals surface area contributed by atoms with E-state index in [4.69, 9.17) is 4.74 Å². The number of carbonyl (C=O) groups excluding carboxylic acids is 2. The zero-order valence-corrected chi connectivity index (χ0v) is 13.6. The van der Waals surface area contributed by atoms with Crippen molar-refractivity contribution >= 4 is 29.0 Å². The van der Waals surface area contributed by atoms with Crippen LogP contribution in [0.5, 0.6) is 0 Å². The Labute approximate surface area is 137 Å². The number of amides is 2. The third-order valence-corrected chi connectivity index (χ3v) is 4.48. The second-order valence-corrected chi connectivity index (χ2v) is 6.26. The predicted molar refractivity (Wildman–Crippen MR) is 86.8 cm³/mol. The number of nitrogens with one attached hydrogen (secondary N) is 2. The first kappa shape index (κ1) is 15.7. The molecular formula is C15H18N4O3S. The van der Waals surface area contributed by atoms with Crippen LogP contribution in [-0.4, -0.2) is 40.9 Å². The largest absolute Gasteiger partial charge is 0.376 e. The summed E-state index contributed by atoms with van der Waals surface area (Å²) < 4.78 is 6.94. The Kier molecular flexibility index (Phi) is 4.73. The van der Waals surface area contributed by atoms with Crippen LogP contribution in [0, 0.1) is 0 Å². The number of ether oxygens (including phenoxy) is 1. The standard InChI is InChI=1S/C15H18N4O3S/c1-19-13(17-15(21)12-5-3-7-23-12)8-11(18-19)14(20)16-9-10-4-2-6-22-10/h3,5,7-8,10H,2,4,6,9H2,1H3,(H,16,20)(H,17,21). The van der Waals surface area contributed by atoms with Gasteiger partial charge in [-0.3, -0.25) is 14.3 Å². The van der Waals surface area contributed by atoms with E-state index in [1.54, 1.807) is 19.2 Å². The molecule has 23 heavy (non-hydrogen) atoms. The first-order valence-corrected chi connectivity index (χ1v) is 8.30. The molecule has 1 atom stereocenters. The van der Waals surface area contributed by atoms with Crippen molar-refractivity contribution in [3.05, 3.63) is 34.2 Å². The molecule has 0 aromatic carbocycles. The topological polar surface area (TPSA) is 85.2 Å². The summed E-state index contributed by atoms with van der Waals surface area (Å²) in [4.78, 5) is 24.8. The second kappa shape index (κ2) is 6.93.